The van der Waals surface area contributed by atoms with Crippen LogP contribution in [0.4, 0.5) is 5.69 Å². The van der Waals surface area contributed by atoms with Gasteiger partial charge in [0.1, 0.15) is 6.04 Å². The van der Waals surface area contributed by atoms with Crippen LogP contribution in [0.5, 0.6) is 0 Å². The van der Waals surface area contributed by atoms with Gasteiger partial charge < -0.3 is 10.6 Å². The zero-order valence-electron chi connectivity index (χ0n) is 13.2. The van der Waals surface area contributed by atoms with Crippen molar-refractivity contribution in [1.29, 1.82) is 0 Å². The van der Waals surface area contributed by atoms with E-state index in [0.29, 0.717) is 0 Å². The maximum atomic E-state index is 12.1. The van der Waals surface area contributed by atoms with Crippen LogP contribution in [0, 0.1) is 5.41 Å². The quantitative estimate of drug-likeness (QED) is 0.898. The van der Waals surface area contributed by atoms with Crippen LogP contribution in [0.15, 0.2) is 18.2 Å². The molecule has 4 heteroatoms. The van der Waals surface area contributed by atoms with Gasteiger partial charge in [-0.05, 0) is 49.4 Å². The summed E-state index contributed by atoms with van der Waals surface area (Å²) in [6.07, 6.45) is 3.39. The molecule has 0 unspecified atom stereocenters. The number of anilines is 1. The smallest absolute Gasteiger partial charge is 0.246 e. The Kier molecular flexibility index (Phi) is 4.35. The first-order valence-electron chi connectivity index (χ1n) is 7.51. The lowest BCUT2D eigenvalue weighted by atomic mass is 9.95. The number of aryl methyl sites for hydroxylation is 2. The van der Waals surface area contributed by atoms with E-state index < -0.39 is 11.5 Å². The number of carbonyl (C=O) groups excluding carboxylic acids is 2. The Hall–Kier alpha value is -1.84. The van der Waals surface area contributed by atoms with Crippen LogP contribution in [0.2, 0.25) is 0 Å². The normalized spacial score (nSPS) is 15.2. The third kappa shape index (κ3) is 3.84. The lowest BCUT2D eigenvalue weighted by molar-refractivity contribution is -0.131. The van der Waals surface area contributed by atoms with Crippen LogP contribution in [0.3, 0.4) is 0 Å². The molecule has 0 fully saturated rings. The summed E-state index contributed by atoms with van der Waals surface area (Å²) in [5.41, 5.74) is 3.00. The van der Waals surface area contributed by atoms with E-state index in [2.05, 4.69) is 16.7 Å². The minimum Gasteiger partial charge on any atom is -0.344 e. The fourth-order valence-corrected chi connectivity index (χ4v) is 2.38. The Morgan fingerprint density at radius 1 is 1.14 bits per heavy atom. The van der Waals surface area contributed by atoms with Crippen molar-refractivity contribution >= 4 is 17.5 Å². The zero-order valence-corrected chi connectivity index (χ0v) is 13.2. The van der Waals surface area contributed by atoms with E-state index >= 15 is 0 Å². The molecule has 114 valence electrons. The molecule has 2 amide bonds. The molecule has 1 atom stereocenters. The van der Waals surface area contributed by atoms with Gasteiger partial charge in [-0.15, -0.1) is 0 Å². The first-order chi connectivity index (χ1) is 9.77. The maximum Gasteiger partial charge on any atom is 0.246 e. The van der Waals surface area contributed by atoms with Crippen molar-refractivity contribution in [2.75, 3.05) is 5.32 Å². The van der Waals surface area contributed by atoms with Gasteiger partial charge in [0.05, 0.1) is 0 Å². The molecule has 2 N–H and O–H groups in total. The third-order valence-electron chi connectivity index (χ3n) is 3.79. The first-order valence-corrected chi connectivity index (χ1v) is 7.51. The van der Waals surface area contributed by atoms with Crippen LogP contribution < -0.4 is 10.6 Å². The lowest BCUT2D eigenvalue weighted by Gasteiger charge is -2.21. The van der Waals surface area contributed by atoms with Gasteiger partial charge in [0.2, 0.25) is 11.8 Å². The summed E-state index contributed by atoms with van der Waals surface area (Å²) in [5.74, 6) is -0.315. The van der Waals surface area contributed by atoms with Crippen molar-refractivity contribution in [2.45, 2.75) is 53.0 Å². The zero-order chi connectivity index (χ0) is 15.6. The van der Waals surface area contributed by atoms with Gasteiger partial charge in [-0.2, -0.15) is 0 Å². The number of carbonyl (C=O) groups is 2. The summed E-state index contributed by atoms with van der Waals surface area (Å²) in [7, 11) is 0. The van der Waals surface area contributed by atoms with Crippen molar-refractivity contribution in [1.82, 2.24) is 5.32 Å². The highest BCUT2D eigenvalue weighted by Crippen LogP contribution is 2.25. The van der Waals surface area contributed by atoms with Gasteiger partial charge in [0.15, 0.2) is 0 Å². The predicted octanol–water partition coefficient (Wildman–Crippen LogP) is 2.66. The van der Waals surface area contributed by atoms with Crippen LogP contribution in [0.25, 0.3) is 0 Å². The Balaban J connectivity index is 1.96. The van der Waals surface area contributed by atoms with Gasteiger partial charge in [-0.25, -0.2) is 0 Å². The van der Waals surface area contributed by atoms with E-state index in [-0.39, 0.29) is 11.8 Å². The van der Waals surface area contributed by atoms with Crippen molar-refractivity contribution < 1.29 is 9.59 Å². The number of amides is 2. The molecule has 0 bridgehead atoms. The van der Waals surface area contributed by atoms with Crippen LogP contribution >= 0.6 is 0 Å². The summed E-state index contributed by atoms with van der Waals surface area (Å²) in [5, 5.41) is 5.62. The van der Waals surface area contributed by atoms with E-state index in [1.54, 1.807) is 6.92 Å². The molecule has 0 heterocycles. The third-order valence-corrected chi connectivity index (χ3v) is 3.79. The molecule has 1 aliphatic rings. The second-order valence-corrected chi connectivity index (χ2v) is 6.77. The number of benzene rings is 1. The lowest BCUT2D eigenvalue weighted by Crippen LogP contribution is -2.46. The highest BCUT2D eigenvalue weighted by molar-refractivity contribution is 5.97. The van der Waals surface area contributed by atoms with E-state index in [1.165, 1.54) is 17.5 Å². The minimum atomic E-state index is -0.551. The van der Waals surface area contributed by atoms with Gasteiger partial charge in [0.25, 0.3) is 0 Å². The molecule has 0 radical (unpaired) electrons. The highest BCUT2D eigenvalue weighted by atomic mass is 16.2. The maximum absolute atomic E-state index is 12.1. The van der Waals surface area contributed by atoms with Crippen LogP contribution in [0.1, 0.15) is 45.2 Å². The fourth-order valence-electron chi connectivity index (χ4n) is 2.38. The summed E-state index contributed by atoms with van der Waals surface area (Å²) in [4.78, 5) is 24.0. The van der Waals surface area contributed by atoms with Crippen LogP contribution in [-0.4, -0.2) is 17.9 Å². The fraction of sp³-hybridized carbons (Fsp3) is 0.529. The Morgan fingerprint density at radius 2 is 1.81 bits per heavy atom. The number of hydrogen-bond donors (Lipinski definition) is 2. The molecule has 4 nitrogen and oxygen atoms in total. The number of hydrogen-bond acceptors (Lipinski definition) is 2. The average molecular weight is 288 g/mol. The molecule has 1 aromatic rings. The Bertz CT molecular complexity index is 558. The van der Waals surface area contributed by atoms with Crippen molar-refractivity contribution in [3.05, 3.63) is 29.3 Å². The predicted molar refractivity (Wildman–Crippen MR) is 84.2 cm³/mol. The molecule has 1 aromatic carbocycles. The van der Waals surface area contributed by atoms with Crippen molar-refractivity contribution in [2.24, 2.45) is 5.41 Å². The van der Waals surface area contributed by atoms with Crippen molar-refractivity contribution in [3.8, 4) is 0 Å². The molecule has 1 aliphatic carbocycles. The van der Waals surface area contributed by atoms with Gasteiger partial charge >= 0.3 is 0 Å². The van der Waals surface area contributed by atoms with Gasteiger partial charge in [-0.3, -0.25) is 9.59 Å². The molecule has 0 spiro atoms. The second kappa shape index (κ2) is 5.88. The number of rotatable bonds is 3. The molecule has 0 saturated heterocycles. The topological polar surface area (TPSA) is 58.2 Å². The summed E-state index contributed by atoms with van der Waals surface area (Å²) in [6, 6.07) is 5.50. The van der Waals surface area contributed by atoms with Crippen LogP contribution in [-0.2, 0) is 22.4 Å². The Morgan fingerprint density at radius 3 is 2.48 bits per heavy atom. The average Bonchev–Trinajstić information content (AvgIpc) is 2.84. The summed E-state index contributed by atoms with van der Waals surface area (Å²) < 4.78 is 0. The molecule has 0 saturated carbocycles. The minimum absolute atomic E-state index is 0.126. The van der Waals surface area contributed by atoms with E-state index in [1.807, 2.05) is 32.9 Å². The van der Waals surface area contributed by atoms with E-state index in [4.69, 9.17) is 0 Å². The molecule has 0 aromatic heterocycles. The second-order valence-electron chi connectivity index (χ2n) is 6.77. The SMILES string of the molecule is C[C@H](NC(=O)C(C)(C)C)C(=O)Nc1ccc2c(c1)CCC2. The summed E-state index contributed by atoms with van der Waals surface area (Å²) in [6.45, 7) is 7.18. The molecule has 21 heavy (non-hydrogen) atoms. The van der Waals surface area contributed by atoms with E-state index in [9.17, 15) is 9.59 Å². The Labute approximate surface area is 126 Å². The number of fused-ring (bicyclic) bond motifs is 1. The molecule has 0 aliphatic heterocycles. The molecule has 2 rings (SSSR count). The largest absolute Gasteiger partial charge is 0.344 e. The number of nitrogens with one attached hydrogen (secondary N) is 2. The highest BCUT2D eigenvalue weighted by Gasteiger charge is 2.25. The standard InChI is InChI=1S/C17H24N2O2/c1-11(18-16(21)17(2,3)4)15(20)19-14-9-8-12-6-5-7-13(12)10-14/h8-11H,5-7H2,1-4H3,(H,18,21)(H,19,20)/t11-/m0/s1. The molecular weight excluding hydrogens is 264 g/mol. The van der Waals surface area contributed by atoms with E-state index in [0.717, 1.165) is 18.5 Å². The first kappa shape index (κ1) is 15.5. The van der Waals surface area contributed by atoms with Crippen molar-refractivity contribution in [3.63, 3.8) is 0 Å². The van der Waals surface area contributed by atoms with Gasteiger partial charge in [-0.1, -0.05) is 26.8 Å². The monoisotopic (exact) mass is 288 g/mol. The molecular formula is C17H24N2O2. The van der Waals surface area contributed by atoms with Gasteiger partial charge in [0, 0.05) is 11.1 Å². The summed E-state index contributed by atoms with van der Waals surface area (Å²) >= 11 is 0.